The predicted molar refractivity (Wildman–Crippen MR) is 93.7 cm³/mol. The molecule has 0 aromatic heterocycles. The lowest BCUT2D eigenvalue weighted by molar-refractivity contribution is -0.181. The summed E-state index contributed by atoms with van der Waals surface area (Å²) >= 11 is 0. The van der Waals surface area contributed by atoms with Crippen molar-refractivity contribution in [1.29, 1.82) is 0 Å². The summed E-state index contributed by atoms with van der Waals surface area (Å²) in [6.45, 7) is 6.35. The molecule has 4 heteroatoms. The molecule has 4 rings (SSSR count). The van der Waals surface area contributed by atoms with E-state index in [4.69, 9.17) is 0 Å². The van der Waals surface area contributed by atoms with Crippen LogP contribution >= 0.6 is 0 Å². The third-order valence-corrected chi connectivity index (χ3v) is 8.68. The minimum absolute atomic E-state index is 0.00848. The van der Waals surface area contributed by atoms with Crippen molar-refractivity contribution in [3.05, 3.63) is 11.6 Å². The molecule has 0 aliphatic heterocycles. The van der Waals surface area contributed by atoms with Gasteiger partial charge >= 0.3 is 5.97 Å². The number of fused-ring (bicyclic) bond motifs is 2. The molecule has 0 saturated heterocycles. The normalized spacial score (nSPS) is 50.0. The van der Waals surface area contributed by atoms with E-state index in [0.29, 0.717) is 24.7 Å². The second kappa shape index (κ2) is 5.18. The number of carbonyl (C=O) groups excluding carboxylic acids is 1. The molecule has 2 N–H and O–H groups in total. The quantitative estimate of drug-likeness (QED) is 0.592. The van der Waals surface area contributed by atoms with Crippen molar-refractivity contribution in [1.82, 2.24) is 0 Å². The highest BCUT2D eigenvalue weighted by molar-refractivity contribution is 5.90. The van der Waals surface area contributed by atoms with Crippen LogP contribution in [0.2, 0.25) is 0 Å². The summed E-state index contributed by atoms with van der Waals surface area (Å²) in [7, 11) is 0. The highest BCUT2D eigenvalue weighted by Crippen LogP contribution is 2.83. The fourth-order valence-electron chi connectivity index (χ4n) is 8.03. The molecule has 4 bridgehead atoms. The van der Waals surface area contributed by atoms with Gasteiger partial charge in [0.1, 0.15) is 11.7 Å². The van der Waals surface area contributed by atoms with Crippen molar-refractivity contribution in [2.24, 2.45) is 45.8 Å². The lowest BCUT2D eigenvalue weighted by Crippen LogP contribution is -2.62. The van der Waals surface area contributed by atoms with Gasteiger partial charge in [-0.3, -0.25) is 4.79 Å². The molecule has 0 radical (unpaired) electrons. The van der Waals surface area contributed by atoms with E-state index < -0.39 is 22.2 Å². The number of aldehydes is 1. The summed E-state index contributed by atoms with van der Waals surface area (Å²) in [5, 5.41) is 20.5. The molecule has 25 heavy (non-hydrogen) atoms. The van der Waals surface area contributed by atoms with Gasteiger partial charge in [0.25, 0.3) is 0 Å². The molecule has 0 aromatic rings. The molecule has 4 aliphatic rings. The molecular weight excluding hydrogens is 316 g/mol. The van der Waals surface area contributed by atoms with Crippen LogP contribution in [0.4, 0.5) is 0 Å². The average molecular weight is 346 g/mol. The minimum atomic E-state index is -1.12. The molecule has 0 amide bonds. The summed E-state index contributed by atoms with van der Waals surface area (Å²) in [4.78, 5) is 25.6. The van der Waals surface area contributed by atoms with Gasteiger partial charge in [-0.05, 0) is 55.3 Å². The number of aliphatic carboxylic acids is 1. The third kappa shape index (κ3) is 1.60. The van der Waals surface area contributed by atoms with Gasteiger partial charge < -0.3 is 15.0 Å². The SMILES string of the molecule is CC(C)C1=CC2CC3(C=O)C4CC[C@@H](C)C4CC2(CCO)C13C(=O)O. The third-order valence-electron chi connectivity index (χ3n) is 8.68. The van der Waals surface area contributed by atoms with Crippen LogP contribution in [0.5, 0.6) is 0 Å². The maximum absolute atomic E-state index is 12.9. The van der Waals surface area contributed by atoms with Crippen molar-refractivity contribution >= 4 is 12.3 Å². The average Bonchev–Trinajstić information content (AvgIpc) is 3.12. The standard InChI is InChI=1S/C21H30O4/c1-12(2)17-8-14-9-20(11-23)16-5-4-13(3)15(16)10-19(14,6-7-22)21(17,20)18(24)25/h8,11-16,22H,4-7,9-10H2,1-3H3,(H,24,25)/t13-,14?,15?,16?,19?,20?,21?/m1/s1. The van der Waals surface area contributed by atoms with E-state index in [1.54, 1.807) is 0 Å². The summed E-state index contributed by atoms with van der Waals surface area (Å²) in [6, 6.07) is 0. The largest absolute Gasteiger partial charge is 0.481 e. The number of hydrogen-bond acceptors (Lipinski definition) is 3. The number of carbonyl (C=O) groups is 2. The number of aliphatic hydroxyl groups excluding tert-OH is 1. The number of carboxylic acid groups (broad SMARTS) is 1. The number of aliphatic hydroxyl groups is 1. The van der Waals surface area contributed by atoms with Gasteiger partial charge in [-0.1, -0.05) is 38.8 Å². The van der Waals surface area contributed by atoms with Gasteiger partial charge in [0.2, 0.25) is 0 Å². The zero-order valence-electron chi connectivity index (χ0n) is 15.5. The Morgan fingerprint density at radius 3 is 2.64 bits per heavy atom. The molecule has 4 aliphatic carbocycles. The first kappa shape index (κ1) is 17.3. The Balaban J connectivity index is 2.02. The molecule has 0 spiro atoms. The van der Waals surface area contributed by atoms with E-state index in [1.165, 1.54) is 0 Å². The first-order chi connectivity index (χ1) is 11.8. The molecule has 138 valence electrons. The van der Waals surface area contributed by atoms with Gasteiger partial charge in [0.05, 0.1) is 5.41 Å². The highest BCUT2D eigenvalue weighted by Gasteiger charge is 2.83. The molecule has 0 aromatic carbocycles. The Hall–Kier alpha value is -1.16. The van der Waals surface area contributed by atoms with Crippen LogP contribution in [0.25, 0.3) is 0 Å². The molecule has 3 saturated carbocycles. The van der Waals surface area contributed by atoms with Crippen LogP contribution in [0.1, 0.15) is 52.9 Å². The van der Waals surface area contributed by atoms with E-state index >= 15 is 0 Å². The predicted octanol–water partition coefficient (Wildman–Crippen LogP) is 3.29. The lowest BCUT2D eigenvalue weighted by atomic mass is 9.42. The van der Waals surface area contributed by atoms with E-state index in [0.717, 1.165) is 31.1 Å². The Morgan fingerprint density at radius 2 is 2.08 bits per heavy atom. The summed E-state index contributed by atoms with van der Waals surface area (Å²) in [6.07, 6.45) is 7.27. The maximum Gasteiger partial charge on any atom is 0.315 e. The van der Waals surface area contributed by atoms with Crippen molar-refractivity contribution in [3.8, 4) is 0 Å². The topological polar surface area (TPSA) is 74.6 Å². The molecule has 4 nitrogen and oxygen atoms in total. The smallest absolute Gasteiger partial charge is 0.315 e. The van der Waals surface area contributed by atoms with Gasteiger partial charge in [0.15, 0.2) is 0 Å². The zero-order valence-corrected chi connectivity index (χ0v) is 15.5. The Morgan fingerprint density at radius 1 is 1.36 bits per heavy atom. The van der Waals surface area contributed by atoms with Gasteiger partial charge in [-0.2, -0.15) is 0 Å². The first-order valence-electron chi connectivity index (χ1n) is 9.85. The maximum atomic E-state index is 12.9. The molecular formula is C21H30O4. The van der Waals surface area contributed by atoms with E-state index in [-0.39, 0.29) is 24.4 Å². The van der Waals surface area contributed by atoms with E-state index in [2.05, 4.69) is 13.0 Å². The second-order valence-electron chi connectivity index (χ2n) is 9.46. The second-order valence-corrected chi connectivity index (χ2v) is 9.46. The van der Waals surface area contributed by atoms with Crippen LogP contribution in [-0.2, 0) is 9.59 Å². The van der Waals surface area contributed by atoms with Crippen molar-refractivity contribution < 1.29 is 19.8 Å². The number of hydrogen-bond donors (Lipinski definition) is 2. The summed E-state index contributed by atoms with van der Waals surface area (Å²) in [5.74, 6) is 0.509. The van der Waals surface area contributed by atoms with Crippen LogP contribution in [0.15, 0.2) is 11.6 Å². The Bertz CT molecular complexity index is 652. The number of rotatable bonds is 5. The number of carboxylic acids is 1. The van der Waals surface area contributed by atoms with Crippen molar-refractivity contribution in [2.75, 3.05) is 6.61 Å². The fourth-order valence-corrected chi connectivity index (χ4v) is 8.03. The molecule has 3 fully saturated rings. The van der Waals surface area contributed by atoms with Crippen LogP contribution in [0.3, 0.4) is 0 Å². The zero-order chi connectivity index (χ0) is 18.2. The lowest BCUT2D eigenvalue weighted by Gasteiger charge is -2.58. The number of allylic oxidation sites excluding steroid dienone is 1. The first-order valence-corrected chi connectivity index (χ1v) is 9.85. The van der Waals surface area contributed by atoms with E-state index in [9.17, 15) is 19.8 Å². The molecule has 7 atom stereocenters. The van der Waals surface area contributed by atoms with Gasteiger partial charge in [-0.15, -0.1) is 0 Å². The van der Waals surface area contributed by atoms with Crippen molar-refractivity contribution in [2.45, 2.75) is 52.9 Å². The van der Waals surface area contributed by atoms with Gasteiger partial charge in [-0.25, -0.2) is 0 Å². The van der Waals surface area contributed by atoms with Crippen LogP contribution in [-0.4, -0.2) is 29.1 Å². The van der Waals surface area contributed by atoms with E-state index in [1.807, 2.05) is 13.8 Å². The Labute approximate surface area is 149 Å². The summed E-state index contributed by atoms with van der Waals surface area (Å²) < 4.78 is 0. The highest BCUT2D eigenvalue weighted by atomic mass is 16.4. The molecule has 6 unspecified atom stereocenters. The van der Waals surface area contributed by atoms with Crippen LogP contribution < -0.4 is 0 Å². The fraction of sp³-hybridized carbons (Fsp3) is 0.810. The van der Waals surface area contributed by atoms with Crippen molar-refractivity contribution in [3.63, 3.8) is 0 Å². The minimum Gasteiger partial charge on any atom is -0.481 e. The monoisotopic (exact) mass is 346 g/mol. The van der Waals surface area contributed by atoms with Gasteiger partial charge in [0, 0.05) is 12.0 Å². The summed E-state index contributed by atoms with van der Waals surface area (Å²) in [5.41, 5.74) is -1.45. The Kier molecular flexibility index (Phi) is 3.58. The van der Waals surface area contributed by atoms with Crippen LogP contribution in [0, 0.1) is 45.8 Å². The molecule has 0 heterocycles.